The summed E-state index contributed by atoms with van der Waals surface area (Å²) in [6, 6.07) is 11.1. The number of furan rings is 1. The van der Waals surface area contributed by atoms with E-state index >= 15 is 0 Å². The largest absolute Gasteiger partial charge is 0.459 e. The van der Waals surface area contributed by atoms with E-state index in [0.29, 0.717) is 5.76 Å². The number of hydrogen-bond donors (Lipinski definition) is 1. The highest BCUT2D eigenvalue weighted by Gasteiger charge is 2.19. The molecule has 110 valence electrons. The van der Waals surface area contributed by atoms with Crippen molar-refractivity contribution in [2.75, 3.05) is 32.1 Å². The van der Waals surface area contributed by atoms with Gasteiger partial charge >= 0.3 is 0 Å². The number of morpholine rings is 1. The van der Waals surface area contributed by atoms with Gasteiger partial charge in [0.05, 0.1) is 19.0 Å². The van der Waals surface area contributed by atoms with E-state index in [9.17, 15) is 4.79 Å². The van der Waals surface area contributed by atoms with Gasteiger partial charge in [0.15, 0.2) is 5.76 Å². The smallest absolute Gasteiger partial charge is 0.291 e. The zero-order chi connectivity index (χ0) is 14.7. The number of carbonyl (C=O) groups is 1. The maximum Gasteiger partial charge on any atom is 0.291 e. The van der Waals surface area contributed by atoms with Gasteiger partial charge in [-0.3, -0.25) is 4.79 Å². The Hall–Kier alpha value is -2.11. The number of rotatable bonds is 3. The first kappa shape index (κ1) is 13.9. The Morgan fingerprint density at radius 1 is 1.29 bits per heavy atom. The number of likely N-dealkylation sites (N-methyl/N-ethyl adjacent to an activating group) is 1. The topological polar surface area (TPSA) is 54.7 Å². The van der Waals surface area contributed by atoms with E-state index in [-0.39, 0.29) is 12.0 Å². The van der Waals surface area contributed by atoms with Crippen LogP contribution in [0.15, 0.2) is 47.1 Å². The number of carbonyl (C=O) groups excluding carboxylic acids is 1. The van der Waals surface area contributed by atoms with E-state index in [2.05, 4.69) is 17.3 Å². The van der Waals surface area contributed by atoms with Gasteiger partial charge in [-0.1, -0.05) is 12.1 Å². The summed E-state index contributed by atoms with van der Waals surface area (Å²) < 4.78 is 10.8. The highest BCUT2D eigenvalue weighted by atomic mass is 16.5. The van der Waals surface area contributed by atoms with E-state index < -0.39 is 0 Å². The zero-order valence-electron chi connectivity index (χ0n) is 11.9. The summed E-state index contributed by atoms with van der Waals surface area (Å²) in [5.41, 5.74) is 1.86. The molecule has 2 heterocycles. The van der Waals surface area contributed by atoms with E-state index in [1.54, 1.807) is 12.1 Å². The molecule has 1 N–H and O–H groups in total. The van der Waals surface area contributed by atoms with Crippen LogP contribution in [0.3, 0.4) is 0 Å². The maximum atomic E-state index is 11.9. The summed E-state index contributed by atoms with van der Waals surface area (Å²) in [6.45, 7) is 2.60. The second kappa shape index (κ2) is 6.11. The van der Waals surface area contributed by atoms with Gasteiger partial charge in [0.1, 0.15) is 0 Å². The number of amides is 1. The summed E-state index contributed by atoms with van der Waals surface area (Å²) in [5, 5.41) is 2.80. The standard InChI is InChI=1S/C16H18N2O3/c1-18-8-10-21-15(11-18)12-4-6-13(7-5-12)17-16(19)14-3-2-9-20-14/h2-7,9,15H,8,10-11H2,1H3,(H,17,19). The summed E-state index contributed by atoms with van der Waals surface area (Å²) >= 11 is 0. The maximum absolute atomic E-state index is 11.9. The van der Waals surface area contributed by atoms with Crippen LogP contribution in [0, 0.1) is 0 Å². The minimum atomic E-state index is -0.249. The van der Waals surface area contributed by atoms with Crippen LogP contribution in [-0.4, -0.2) is 37.6 Å². The van der Waals surface area contributed by atoms with E-state index in [4.69, 9.17) is 9.15 Å². The number of nitrogens with one attached hydrogen (secondary N) is 1. The molecule has 2 aromatic rings. The number of anilines is 1. The van der Waals surface area contributed by atoms with E-state index in [1.165, 1.54) is 6.26 Å². The molecule has 0 aliphatic carbocycles. The Morgan fingerprint density at radius 3 is 2.76 bits per heavy atom. The normalized spacial score (nSPS) is 19.4. The summed E-state index contributed by atoms with van der Waals surface area (Å²) in [7, 11) is 2.09. The van der Waals surface area contributed by atoms with Crippen molar-refractivity contribution in [3.63, 3.8) is 0 Å². The van der Waals surface area contributed by atoms with Crippen molar-refractivity contribution in [1.29, 1.82) is 0 Å². The monoisotopic (exact) mass is 286 g/mol. The van der Waals surface area contributed by atoms with Crippen molar-refractivity contribution >= 4 is 11.6 Å². The Kier molecular flexibility index (Phi) is 4.03. The third-order valence-electron chi connectivity index (χ3n) is 3.55. The molecule has 1 amide bonds. The molecule has 0 saturated carbocycles. The van der Waals surface area contributed by atoms with Crippen LogP contribution >= 0.6 is 0 Å². The van der Waals surface area contributed by atoms with Gasteiger partial charge in [-0.05, 0) is 36.9 Å². The molecule has 1 aromatic carbocycles. The minimum absolute atomic E-state index is 0.0959. The Bertz CT molecular complexity index is 592. The molecule has 0 bridgehead atoms. The molecule has 5 nitrogen and oxygen atoms in total. The second-order valence-corrected chi connectivity index (χ2v) is 5.18. The lowest BCUT2D eigenvalue weighted by Gasteiger charge is -2.30. The predicted molar refractivity (Wildman–Crippen MR) is 79.3 cm³/mol. The Morgan fingerprint density at radius 2 is 2.10 bits per heavy atom. The third-order valence-corrected chi connectivity index (χ3v) is 3.55. The average Bonchev–Trinajstić information content (AvgIpc) is 3.02. The summed E-state index contributed by atoms with van der Waals surface area (Å²) in [5.74, 6) is 0.0534. The van der Waals surface area contributed by atoms with Crippen LogP contribution in [0.1, 0.15) is 22.2 Å². The van der Waals surface area contributed by atoms with Crippen LogP contribution in [0.4, 0.5) is 5.69 Å². The van der Waals surface area contributed by atoms with Crippen molar-refractivity contribution in [2.45, 2.75) is 6.10 Å². The average molecular weight is 286 g/mol. The van der Waals surface area contributed by atoms with Crippen molar-refractivity contribution < 1.29 is 13.9 Å². The van der Waals surface area contributed by atoms with Crippen LogP contribution in [-0.2, 0) is 4.74 Å². The summed E-state index contributed by atoms with van der Waals surface area (Å²) in [4.78, 5) is 14.1. The molecule has 1 fully saturated rings. The lowest BCUT2D eigenvalue weighted by molar-refractivity contribution is -0.0208. The first-order valence-electron chi connectivity index (χ1n) is 6.97. The van der Waals surface area contributed by atoms with Crippen molar-refractivity contribution in [2.24, 2.45) is 0 Å². The first-order valence-corrected chi connectivity index (χ1v) is 6.97. The fourth-order valence-corrected chi connectivity index (χ4v) is 2.36. The molecular formula is C16H18N2O3. The number of hydrogen-bond acceptors (Lipinski definition) is 4. The van der Waals surface area contributed by atoms with Gasteiger partial charge in [0, 0.05) is 18.8 Å². The lowest BCUT2D eigenvalue weighted by Crippen LogP contribution is -2.35. The number of benzene rings is 1. The highest BCUT2D eigenvalue weighted by molar-refractivity contribution is 6.02. The second-order valence-electron chi connectivity index (χ2n) is 5.18. The molecule has 1 saturated heterocycles. The van der Waals surface area contributed by atoms with Crippen LogP contribution in [0.2, 0.25) is 0 Å². The van der Waals surface area contributed by atoms with Crippen molar-refractivity contribution in [3.05, 3.63) is 54.0 Å². The van der Waals surface area contributed by atoms with Gasteiger partial charge in [-0.2, -0.15) is 0 Å². The molecular weight excluding hydrogens is 268 g/mol. The molecule has 21 heavy (non-hydrogen) atoms. The quantitative estimate of drug-likeness (QED) is 0.942. The van der Waals surface area contributed by atoms with Crippen LogP contribution in [0.5, 0.6) is 0 Å². The molecule has 3 rings (SSSR count). The van der Waals surface area contributed by atoms with Crippen molar-refractivity contribution in [1.82, 2.24) is 4.90 Å². The van der Waals surface area contributed by atoms with E-state index in [0.717, 1.165) is 30.9 Å². The fraction of sp³-hybridized carbons (Fsp3) is 0.312. The molecule has 5 heteroatoms. The van der Waals surface area contributed by atoms with Gasteiger partial charge in [-0.15, -0.1) is 0 Å². The number of ether oxygens (including phenoxy) is 1. The Balaban J connectivity index is 1.65. The predicted octanol–water partition coefficient (Wildman–Crippen LogP) is 2.54. The third kappa shape index (κ3) is 3.32. The van der Waals surface area contributed by atoms with Crippen LogP contribution in [0.25, 0.3) is 0 Å². The van der Waals surface area contributed by atoms with Crippen LogP contribution < -0.4 is 5.32 Å². The minimum Gasteiger partial charge on any atom is -0.459 e. The first-order chi connectivity index (χ1) is 10.2. The molecule has 0 spiro atoms. The molecule has 0 radical (unpaired) electrons. The molecule has 1 aliphatic rings. The van der Waals surface area contributed by atoms with Gasteiger partial charge < -0.3 is 19.4 Å². The summed E-state index contributed by atoms with van der Waals surface area (Å²) in [6.07, 6.45) is 1.58. The zero-order valence-corrected chi connectivity index (χ0v) is 11.9. The fourth-order valence-electron chi connectivity index (χ4n) is 2.36. The van der Waals surface area contributed by atoms with Gasteiger partial charge in [0.2, 0.25) is 0 Å². The lowest BCUT2D eigenvalue weighted by atomic mass is 10.1. The Labute approximate surface area is 123 Å². The van der Waals surface area contributed by atoms with E-state index in [1.807, 2.05) is 24.3 Å². The SMILES string of the molecule is CN1CCOC(c2ccc(NC(=O)c3ccco3)cc2)C1. The van der Waals surface area contributed by atoms with Crippen molar-refractivity contribution in [3.8, 4) is 0 Å². The number of nitrogens with zero attached hydrogens (tertiary/aromatic N) is 1. The van der Waals surface area contributed by atoms with Gasteiger partial charge in [-0.25, -0.2) is 0 Å². The van der Waals surface area contributed by atoms with Gasteiger partial charge in [0.25, 0.3) is 5.91 Å². The molecule has 1 atom stereocenters. The molecule has 1 aliphatic heterocycles. The molecule has 1 aromatic heterocycles. The highest BCUT2D eigenvalue weighted by Crippen LogP contribution is 2.23. The molecule has 1 unspecified atom stereocenters.